The third kappa shape index (κ3) is 4.04. The van der Waals surface area contributed by atoms with Crippen LogP contribution in [0.5, 0.6) is 0 Å². The van der Waals surface area contributed by atoms with Crippen LogP contribution in [0.4, 0.5) is 14.6 Å². The van der Waals surface area contributed by atoms with Gasteiger partial charge < -0.3 is 15.3 Å². The van der Waals surface area contributed by atoms with Crippen LogP contribution in [-0.2, 0) is 0 Å². The SMILES string of the molecule is C[C@@H]1C[C@@H](c2nc(F)c(-c3ccc(N)nc3F)[nH]2)n2c1cc(-c1cc(Cl)ccc1-n1cc(Cl)nn1)cc2=O. The Morgan fingerprint density at radius 1 is 1.05 bits per heavy atom. The molecule has 5 aromatic rings. The quantitative estimate of drug-likeness (QED) is 0.296. The van der Waals surface area contributed by atoms with Crippen LogP contribution >= 0.6 is 23.2 Å². The number of anilines is 1. The number of imidazole rings is 1. The van der Waals surface area contributed by atoms with Crippen molar-refractivity contribution in [2.75, 3.05) is 5.73 Å². The summed E-state index contributed by atoms with van der Waals surface area (Å²) in [6.07, 6.45) is 2.03. The van der Waals surface area contributed by atoms with Crippen molar-refractivity contribution in [3.8, 4) is 28.1 Å². The summed E-state index contributed by atoms with van der Waals surface area (Å²) < 4.78 is 32.3. The second-order valence-corrected chi connectivity index (χ2v) is 9.86. The molecule has 0 fully saturated rings. The van der Waals surface area contributed by atoms with Gasteiger partial charge in [0.2, 0.25) is 11.9 Å². The first-order valence-corrected chi connectivity index (χ1v) is 12.3. The van der Waals surface area contributed by atoms with Gasteiger partial charge in [-0.1, -0.05) is 35.3 Å². The first-order chi connectivity index (χ1) is 18.2. The van der Waals surface area contributed by atoms with Crippen molar-refractivity contribution in [1.82, 2.24) is 34.5 Å². The molecule has 5 heterocycles. The number of benzene rings is 1. The summed E-state index contributed by atoms with van der Waals surface area (Å²) in [7, 11) is 0. The van der Waals surface area contributed by atoms with Gasteiger partial charge in [0, 0.05) is 22.3 Å². The number of nitrogens with zero attached hydrogens (tertiary/aromatic N) is 6. The number of aromatic amines is 1. The van der Waals surface area contributed by atoms with Crippen LogP contribution in [-0.4, -0.2) is 34.5 Å². The zero-order valence-electron chi connectivity index (χ0n) is 19.7. The van der Waals surface area contributed by atoms with Gasteiger partial charge >= 0.3 is 0 Å². The molecule has 0 radical (unpaired) electrons. The Morgan fingerprint density at radius 3 is 2.61 bits per heavy atom. The van der Waals surface area contributed by atoms with Crippen molar-refractivity contribution >= 4 is 29.0 Å². The highest BCUT2D eigenvalue weighted by Crippen LogP contribution is 2.40. The zero-order valence-corrected chi connectivity index (χ0v) is 21.2. The fourth-order valence-corrected chi connectivity index (χ4v) is 5.20. The average molecular weight is 555 g/mol. The highest BCUT2D eigenvalue weighted by molar-refractivity contribution is 6.31. The predicted octanol–water partition coefficient (Wildman–Crippen LogP) is 5.14. The number of fused-ring (bicyclic) bond motifs is 1. The van der Waals surface area contributed by atoms with Gasteiger partial charge in [0.1, 0.15) is 17.3 Å². The van der Waals surface area contributed by atoms with Crippen molar-refractivity contribution in [1.29, 1.82) is 0 Å². The molecule has 192 valence electrons. The van der Waals surface area contributed by atoms with Crippen molar-refractivity contribution in [3.63, 3.8) is 0 Å². The number of nitrogens with one attached hydrogen (secondary N) is 1. The Hall–Kier alpha value is -4.09. The van der Waals surface area contributed by atoms with E-state index in [4.69, 9.17) is 28.9 Å². The number of nitrogen functional groups attached to an aromatic ring is 1. The van der Waals surface area contributed by atoms with E-state index in [1.165, 1.54) is 22.9 Å². The van der Waals surface area contributed by atoms with Crippen molar-refractivity contribution in [3.05, 3.63) is 92.6 Å². The summed E-state index contributed by atoms with van der Waals surface area (Å²) in [4.78, 5) is 23.9. The Morgan fingerprint density at radius 2 is 1.87 bits per heavy atom. The number of pyridine rings is 2. The monoisotopic (exact) mass is 554 g/mol. The molecule has 1 aliphatic heterocycles. The van der Waals surface area contributed by atoms with E-state index in [-0.39, 0.29) is 39.5 Å². The lowest BCUT2D eigenvalue weighted by atomic mass is 9.99. The summed E-state index contributed by atoms with van der Waals surface area (Å²) in [5, 5.41) is 8.55. The second kappa shape index (κ2) is 9.03. The molecule has 0 amide bonds. The predicted molar refractivity (Wildman–Crippen MR) is 138 cm³/mol. The molecule has 0 bridgehead atoms. The molecule has 3 N–H and O–H groups in total. The molecule has 1 aliphatic rings. The summed E-state index contributed by atoms with van der Waals surface area (Å²) >= 11 is 12.3. The molecule has 9 nitrogen and oxygen atoms in total. The van der Waals surface area contributed by atoms with Crippen LogP contribution < -0.4 is 11.3 Å². The molecule has 0 unspecified atom stereocenters. The lowest BCUT2D eigenvalue weighted by molar-refractivity contribution is 0.538. The van der Waals surface area contributed by atoms with E-state index in [2.05, 4.69) is 25.3 Å². The minimum absolute atomic E-state index is 0.0259. The molecular weight excluding hydrogens is 537 g/mol. The molecule has 4 aromatic heterocycles. The normalized spacial score (nSPS) is 16.7. The summed E-state index contributed by atoms with van der Waals surface area (Å²) in [6.45, 7) is 1.97. The second-order valence-electron chi connectivity index (χ2n) is 9.04. The summed E-state index contributed by atoms with van der Waals surface area (Å²) in [6, 6.07) is 10.7. The number of rotatable bonds is 4. The van der Waals surface area contributed by atoms with Crippen molar-refractivity contribution in [2.45, 2.75) is 25.3 Å². The van der Waals surface area contributed by atoms with Gasteiger partial charge in [-0.15, -0.1) is 5.10 Å². The van der Waals surface area contributed by atoms with Gasteiger partial charge in [-0.2, -0.15) is 8.78 Å². The van der Waals surface area contributed by atoms with Gasteiger partial charge in [0.25, 0.3) is 5.56 Å². The number of hydrogen-bond acceptors (Lipinski definition) is 6. The highest BCUT2D eigenvalue weighted by Gasteiger charge is 2.34. The third-order valence-electron chi connectivity index (χ3n) is 6.61. The first kappa shape index (κ1) is 24.3. The topological polar surface area (TPSA) is 120 Å². The fourth-order valence-electron chi connectivity index (χ4n) is 4.90. The zero-order chi connectivity index (χ0) is 26.7. The molecule has 1 aromatic carbocycles. The molecule has 0 spiro atoms. The molecule has 13 heteroatoms. The minimum atomic E-state index is -0.924. The van der Waals surface area contributed by atoms with Crippen LogP contribution in [0.1, 0.15) is 36.8 Å². The van der Waals surface area contributed by atoms with Crippen LogP contribution in [0, 0.1) is 11.9 Å². The van der Waals surface area contributed by atoms with E-state index in [0.717, 1.165) is 5.69 Å². The van der Waals surface area contributed by atoms with Gasteiger partial charge in [0.15, 0.2) is 5.15 Å². The Bertz CT molecular complexity index is 1780. The van der Waals surface area contributed by atoms with Crippen molar-refractivity contribution in [2.24, 2.45) is 0 Å². The molecular formula is C25H18Cl2F2N8O. The minimum Gasteiger partial charge on any atom is -0.384 e. The van der Waals surface area contributed by atoms with Gasteiger partial charge in [0.05, 0.1) is 23.5 Å². The molecule has 0 saturated carbocycles. The van der Waals surface area contributed by atoms with Gasteiger partial charge in [-0.25, -0.2) is 14.6 Å². The smallest absolute Gasteiger partial charge is 0.252 e. The number of halogens is 4. The van der Waals surface area contributed by atoms with E-state index in [1.807, 2.05) is 13.0 Å². The van der Waals surface area contributed by atoms with Gasteiger partial charge in [-0.05, 0) is 54.3 Å². The van der Waals surface area contributed by atoms with E-state index in [0.29, 0.717) is 28.3 Å². The molecule has 0 aliphatic carbocycles. The van der Waals surface area contributed by atoms with Crippen LogP contribution in [0.25, 0.3) is 28.1 Å². The lowest BCUT2D eigenvalue weighted by Gasteiger charge is -2.15. The lowest BCUT2D eigenvalue weighted by Crippen LogP contribution is -2.24. The number of nitrogens with two attached hydrogens (primary N) is 1. The standard InChI is InChI=1S/C25H18Cl2F2N8O/c1-11-6-18(25-32-22(24(29)33-25)14-3-5-20(30)31-23(14)28)37-17(11)7-12(8-21(37)38)15-9-13(26)2-4-16(15)36-10-19(27)34-35-36/h2-5,7-11,18H,6H2,1H3,(H2,30,31)(H,32,33)/t11-,18+/m1/s1. The molecule has 6 rings (SSSR count). The van der Waals surface area contributed by atoms with E-state index in [1.54, 1.807) is 29.0 Å². The largest absolute Gasteiger partial charge is 0.384 e. The fraction of sp³-hybridized carbons (Fsp3) is 0.160. The van der Waals surface area contributed by atoms with E-state index >= 15 is 0 Å². The van der Waals surface area contributed by atoms with E-state index in [9.17, 15) is 13.6 Å². The molecule has 38 heavy (non-hydrogen) atoms. The average Bonchev–Trinajstić information content (AvgIpc) is 3.56. The Balaban J connectivity index is 1.44. The molecule has 2 atom stereocenters. The third-order valence-corrected chi connectivity index (χ3v) is 7.01. The maximum absolute atomic E-state index is 14.8. The Kier molecular flexibility index (Phi) is 5.77. The maximum atomic E-state index is 14.8. The van der Waals surface area contributed by atoms with E-state index < -0.39 is 17.9 Å². The van der Waals surface area contributed by atoms with Crippen LogP contribution in [0.15, 0.2) is 53.5 Å². The number of H-pyrrole nitrogens is 1. The number of aromatic nitrogens is 7. The highest BCUT2D eigenvalue weighted by atomic mass is 35.5. The molecule has 0 saturated heterocycles. The first-order valence-electron chi connectivity index (χ1n) is 11.5. The Labute approximate surface area is 223 Å². The summed E-state index contributed by atoms with van der Waals surface area (Å²) in [5.41, 5.74) is 7.59. The van der Waals surface area contributed by atoms with Crippen LogP contribution in [0.2, 0.25) is 10.2 Å². The van der Waals surface area contributed by atoms with Gasteiger partial charge in [-0.3, -0.25) is 4.79 Å². The van der Waals surface area contributed by atoms with Crippen LogP contribution in [0.3, 0.4) is 0 Å². The number of hydrogen-bond donors (Lipinski definition) is 2. The summed E-state index contributed by atoms with van der Waals surface area (Å²) in [5.74, 6) is -1.71. The maximum Gasteiger partial charge on any atom is 0.252 e. The van der Waals surface area contributed by atoms with Crippen molar-refractivity contribution < 1.29 is 8.78 Å².